The Morgan fingerprint density at radius 1 is 1.20 bits per heavy atom. The zero-order valence-corrected chi connectivity index (χ0v) is 15.8. The number of benzene rings is 2. The lowest BCUT2D eigenvalue weighted by Gasteiger charge is -2.22. The second-order valence-electron chi connectivity index (χ2n) is 5.94. The number of methoxy groups -OCH3 is 1. The fourth-order valence-corrected chi connectivity index (χ4v) is 4.54. The predicted octanol–water partition coefficient (Wildman–Crippen LogP) is 3.25. The third-order valence-electron chi connectivity index (χ3n) is 4.40. The molecule has 0 aromatic heterocycles. The van der Waals surface area contributed by atoms with Gasteiger partial charge in [0.05, 0.1) is 12.8 Å². The molecule has 0 bridgehead atoms. The van der Waals surface area contributed by atoms with Crippen LogP contribution in [0.5, 0.6) is 5.75 Å². The SMILES string of the molecule is CCc1ccc(OC)c(S(=O)(=O)N(Cl)c2ccc3c(c2)CNCC3)c1. The van der Waals surface area contributed by atoms with Crippen LogP contribution in [-0.2, 0) is 29.4 Å². The third-order valence-corrected chi connectivity index (χ3v) is 6.65. The van der Waals surface area contributed by atoms with Crippen LogP contribution in [0.2, 0.25) is 0 Å². The first kappa shape index (κ1) is 18.0. The Balaban J connectivity index is 2.02. The molecule has 0 amide bonds. The van der Waals surface area contributed by atoms with E-state index in [4.69, 9.17) is 16.5 Å². The fourth-order valence-electron chi connectivity index (χ4n) is 2.94. The minimum atomic E-state index is -3.94. The summed E-state index contributed by atoms with van der Waals surface area (Å²) in [6.45, 7) is 3.60. The molecule has 0 aliphatic carbocycles. The number of aryl methyl sites for hydroxylation is 1. The minimum Gasteiger partial charge on any atom is -0.495 e. The standard InChI is InChI=1S/C18H21ClN2O3S/c1-3-13-4-7-17(24-2)18(10-13)25(22,23)21(19)16-6-5-14-8-9-20-12-15(14)11-16/h4-7,10-11,20H,3,8-9,12H2,1-2H3. The van der Waals surface area contributed by atoms with E-state index >= 15 is 0 Å². The highest BCUT2D eigenvalue weighted by Gasteiger charge is 2.28. The molecule has 5 nitrogen and oxygen atoms in total. The number of anilines is 1. The molecule has 0 radical (unpaired) electrons. The number of rotatable bonds is 5. The van der Waals surface area contributed by atoms with Crippen LogP contribution in [0, 0.1) is 0 Å². The average Bonchev–Trinajstić information content (AvgIpc) is 2.66. The predicted molar refractivity (Wildman–Crippen MR) is 99.7 cm³/mol. The van der Waals surface area contributed by atoms with Gasteiger partial charge >= 0.3 is 0 Å². The summed E-state index contributed by atoms with van der Waals surface area (Å²) < 4.78 is 32.1. The Labute approximate surface area is 153 Å². The second-order valence-corrected chi connectivity index (χ2v) is 8.23. The van der Waals surface area contributed by atoms with E-state index < -0.39 is 10.0 Å². The smallest absolute Gasteiger partial charge is 0.281 e. The third kappa shape index (κ3) is 3.47. The van der Waals surface area contributed by atoms with Crippen molar-refractivity contribution in [2.75, 3.05) is 17.5 Å². The van der Waals surface area contributed by atoms with Crippen molar-refractivity contribution in [3.63, 3.8) is 0 Å². The topological polar surface area (TPSA) is 58.6 Å². The lowest BCUT2D eigenvalue weighted by Crippen LogP contribution is -2.25. The van der Waals surface area contributed by atoms with Crippen LogP contribution in [0.1, 0.15) is 23.6 Å². The lowest BCUT2D eigenvalue weighted by atomic mass is 10.0. The summed E-state index contributed by atoms with van der Waals surface area (Å²) in [5.74, 6) is 0.280. The largest absolute Gasteiger partial charge is 0.495 e. The van der Waals surface area contributed by atoms with Crippen molar-refractivity contribution in [1.82, 2.24) is 5.32 Å². The van der Waals surface area contributed by atoms with E-state index in [9.17, 15) is 8.42 Å². The van der Waals surface area contributed by atoms with Gasteiger partial charge in [-0.3, -0.25) is 0 Å². The van der Waals surface area contributed by atoms with Gasteiger partial charge in [0.2, 0.25) is 0 Å². The Morgan fingerprint density at radius 3 is 2.72 bits per heavy atom. The summed E-state index contributed by atoms with van der Waals surface area (Å²) in [7, 11) is -2.49. The number of sulfonamides is 1. The van der Waals surface area contributed by atoms with Crippen LogP contribution in [0.25, 0.3) is 0 Å². The molecule has 2 aromatic rings. The monoisotopic (exact) mass is 380 g/mol. The lowest BCUT2D eigenvalue weighted by molar-refractivity contribution is 0.402. The molecule has 1 aliphatic heterocycles. The molecule has 0 atom stereocenters. The van der Waals surface area contributed by atoms with Gasteiger partial charge in [-0.05, 0) is 60.3 Å². The maximum Gasteiger partial charge on any atom is 0.281 e. The summed E-state index contributed by atoms with van der Waals surface area (Å²) in [6, 6.07) is 10.6. The zero-order chi connectivity index (χ0) is 18.0. The average molecular weight is 381 g/mol. The highest BCUT2D eigenvalue weighted by molar-refractivity contribution is 7.94. The van der Waals surface area contributed by atoms with E-state index in [0.717, 1.165) is 34.3 Å². The van der Waals surface area contributed by atoms with Crippen molar-refractivity contribution < 1.29 is 13.2 Å². The van der Waals surface area contributed by atoms with Gasteiger partial charge in [0.25, 0.3) is 10.0 Å². The van der Waals surface area contributed by atoms with Gasteiger partial charge in [-0.25, -0.2) is 0 Å². The molecular weight excluding hydrogens is 360 g/mol. The van der Waals surface area contributed by atoms with Crippen LogP contribution >= 0.6 is 11.8 Å². The van der Waals surface area contributed by atoms with Gasteiger partial charge in [-0.2, -0.15) is 12.2 Å². The van der Waals surface area contributed by atoms with E-state index in [1.807, 2.05) is 25.1 Å². The molecule has 2 aromatic carbocycles. The first-order valence-electron chi connectivity index (χ1n) is 8.18. The molecule has 0 saturated heterocycles. The number of nitrogens with zero attached hydrogens (tertiary/aromatic N) is 1. The van der Waals surface area contributed by atoms with Gasteiger partial charge in [0, 0.05) is 18.3 Å². The van der Waals surface area contributed by atoms with Crippen molar-refractivity contribution in [2.45, 2.75) is 31.2 Å². The summed E-state index contributed by atoms with van der Waals surface area (Å²) >= 11 is 6.27. The van der Waals surface area contributed by atoms with Gasteiger partial charge in [0.1, 0.15) is 10.6 Å². The van der Waals surface area contributed by atoms with Gasteiger partial charge in [0.15, 0.2) is 0 Å². The number of fused-ring (bicyclic) bond motifs is 1. The van der Waals surface area contributed by atoms with Crippen LogP contribution in [0.3, 0.4) is 0 Å². The Hall–Kier alpha value is -1.76. The van der Waals surface area contributed by atoms with Crippen molar-refractivity contribution in [3.8, 4) is 5.75 Å². The van der Waals surface area contributed by atoms with Crippen LogP contribution in [-0.4, -0.2) is 22.1 Å². The number of ether oxygens (including phenoxy) is 1. The summed E-state index contributed by atoms with van der Waals surface area (Å²) in [5.41, 5.74) is 3.61. The van der Waals surface area contributed by atoms with Crippen LogP contribution in [0.4, 0.5) is 5.69 Å². The number of nitrogens with one attached hydrogen (secondary N) is 1. The van der Waals surface area contributed by atoms with Crippen molar-refractivity contribution in [1.29, 1.82) is 0 Å². The maximum absolute atomic E-state index is 13.0. The molecule has 1 heterocycles. The molecule has 7 heteroatoms. The Kier molecular flexibility index (Phi) is 5.22. The molecule has 25 heavy (non-hydrogen) atoms. The molecule has 3 rings (SSSR count). The summed E-state index contributed by atoms with van der Waals surface area (Å²) in [4.78, 5) is 0.0696. The maximum atomic E-state index is 13.0. The molecular formula is C18H21ClN2O3S. The van der Waals surface area contributed by atoms with E-state index in [-0.39, 0.29) is 10.6 Å². The van der Waals surface area contributed by atoms with E-state index in [0.29, 0.717) is 12.2 Å². The summed E-state index contributed by atoms with van der Waals surface area (Å²) in [5, 5.41) is 3.28. The first-order chi connectivity index (χ1) is 12.0. The number of hydrogen-bond donors (Lipinski definition) is 1. The Bertz CT molecular complexity index is 884. The number of hydrogen-bond acceptors (Lipinski definition) is 4. The van der Waals surface area contributed by atoms with E-state index in [1.165, 1.54) is 12.7 Å². The van der Waals surface area contributed by atoms with Crippen molar-refractivity contribution >= 4 is 27.5 Å². The minimum absolute atomic E-state index is 0.0696. The first-order valence-corrected chi connectivity index (χ1v) is 9.95. The van der Waals surface area contributed by atoms with Gasteiger partial charge in [-0.1, -0.05) is 19.1 Å². The van der Waals surface area contributed by atoms with Crippen LogP contribution < -0.4 is 13.9 Å². The number of halogens is 1. The van der Waals surface area contributed by atoms with E-state index in [2.05, 4.69) is 5.32 Å². The Morgan fingerprint density at radius 2 is 2.00 bits per heavy atom. The molecule has 1 aliphatic rings. The van der Waals surface area contributed by atoms with Gasteiger partial charge in [-0.15, -0.1) is 0 Å². The molecule has 0 unspecified atom stereocenters. The molecule has 134 valence electrons. The summed E-state index contributed by atoms with van der Waals surface area (Å²) in [6.07, 6.45) is 1.65. The normalized spacial score (nSPS) is 14.0. The van der Waals surface area contributed by atoms with Crippen molar-refractivity contribution in [3.05, 3.63) is 53.1 Å². The fraction of sp³-hybridized carbons (Fsp3) is 0.333. The quantitative estimate of drug-likeness (QED) is 0.809. The molecule has 0 saturated carbocycles. The van der Waals surface area contributed by atoms with Crippen LogP contribution in [0.15, 0.2) is 41.3 Å². The highest BCUT2D eigenvalue weighted by Crippen LogP contribution is 2.33. The highest BCUT2D eigenvalue weighted by atomic mass is 35.5. The second kappa shape index (κ2) is 7.23. The zero-order valence-electron chi connectivity index (χ0n) is 14.3. The molecule has 0 spiro atoms. The molecule has 0 fully saturated rings. The van der Waals surface area contributed by atoms with E-state index in [1.54, 1.807) is 18.2 Å². The van der Waals surface area contributed by atoms with Crippen molar-refractivity contribution in [2.24, 2.45) is 0 Å². The van der Waals surface area contributed by atoms with Gasteiger partial charge < -0.3 is 10.1 Å². The molecule has 1 N–H and O–H groups in total.